The van der Waals surface area contributed by atoms with Gasteiger partial charge in [0.15, 0.2) is 0 Å². The third-order valence-corrected chi connectivity index (χ3v) is 10.4. The van der Waals surface area contributed by atoms with Crippen molar-refractivity contribution in [2.75, 3.05) is 0 Å². The minimum Gasteiger partial charge on any atom is -0.340 e. The van der Waals surface area contributed by atoms with Crippen LogP contribution in [0.25, 0.3) is 65.9 Å². The Morgan fingerprint density at radius 1 is 0.396 bits per heavy atom. The molecule has 0 spiro atoms. The molecule has 3 heteroatoms. The molecule has 0 aliphatic rings. The number of benzene rings is 4. The first-order valence-corrected chi connectivity index (χ1v) is 18.7. The van der Waals surface area contributed by atoms with Gasteiger partial charge in [0.2, 0.25) is 0 Å². The van der Waals surface area contributed by atoms with Gasteiger partial charge in [-0.2, -0.15) is 0 Å². The van der Waals surface area contributed by atoms with Gasteiger partial charge in [-0.3, -0.25) is 4.98 Å². The zero-order chi connectivity index (χ0) is 32.7. The molecule has 7 rings (SSSR count). The van der Waals surface area contributed by atoms with Gasteiger partial charge >= 0.3 is 0 Å². The number of aromatic nitrogens is 3. The molecule has 0 radical (unpaired) electrons. The fourth-order valence-electron chi connectivity index (χ4n) is 7.80. The fraction of sp³-hybridized carbons (Fsp3) is 0.356. The highest BCUT2D eigenvalue weighted by atomic mass is 15.0. The molecule has 0 amide bonds. The van der Waals surface area contributed by atoms with Crippen molar-refractivity contribution in [3.8, 4) is 22.3 Å². The van der Waals surface area contributed by atoms with Crippen LogP contribution in [0.3, 0.4) is 0 Å². The molecule has 7 aromatic rings. The second-order valence-corrected chi connectivity index (χ2v) is 13.8. The number of unbranched alkanes of at least 4 members (excludes halogenated alkanes) is 10. The maximum absolute atomic E-state index is 4.76. The number of nitrogens with zero attached hydrogens (tertiary/aromatic N) is 3. The van der Waals surface area contributed by atoms with Gasteiger partial charge in [0.25, 0.3) is 0 Å². The molecule has 0 atom stereocenters. The summed E-state index contributed by atoms with van der Waals surface area (Å²) in [7, 11) is 0. The van der Waals surface area contributed by atoms with Gasteiger partial charge in [-0.05, 0) is 66.4 Å². The van der Waals surface area contributed by atoms with Crippen molar-refractivity contribution in [1.29, 1.82) is 0 Å². The number of pyridine rings is 1. The summed E-state index contributed by atoms with van der Waals surface area (Å²) in [6.45, 7) is 6.72. The molecular weight excluding hydrogens is 583 g/mol. The van der Waals surface area contributed by atoms with E-state index < -0.39 is 0 Å². The van der Waals surface area contributed by atoms with E-state index in [0.717, 1.165) is 24.2 Å². The van der Waals surface area contributed by atoms with Gasteiger partial charge in [0, 0.05) is 80.2 Å². The SMILES string of the molecule is CCCCCCCCn1c2ccccc2c2cc(-c3cncc(-c4ccc5c(c4)c4ccccc4n5CCCCCCCC)c3)ccc21. The molecular formula is C45H51N3. The Morgan fingerprint density at radius 2 is 0.812 bits per heavy atom. The van der Waals surface area contributed by atoms with E-state index in [9.17, 15) is 0 Å². The molecule has 0 unspecified atom stereocenters. The molecule has 0 aliphatic carbocycles. The van der Waals surface area contributed by atoms with Crippen molar-refractivity contribution < 1.29 is 0 Å². The highest BCUT2D eigenvalue weighted by molar-refractivity contribution is 6.10. The van der Waals surface area contributed by atoms with Crippen molar-refractivity contribution in [3.05, 3.63) is 103 Å². The first kappa shape index (κ1) is 32.2. The average molecular weight is 634 g/mol. The van der Waals surface area contributed by atoms with Crippen LogP contribution >= 0.6 is 0 Å². The van der Waals surface area contributed by atoms with Gasteiger partial charge < -0.3 is 9.13 Å². The maximum Gasteiger partial charge on any atom is 0.0491 e. The summed E-state index contributed by atoms with van der Waals surface area (Å²) < 4.78 is 5.09. The van der Waals surface area contributed by atoms with Crippen LogP contribution in [-0.4, -0.2) is 14.1 Å². The summed E-state index contributed by atoms with van der Waals surface area (Å²) in [6, 6.07) is 34.2. The van der Waals surface area contributed by atoms with Gasteiger partial charge in [-0.25, -0.2) is 0 Å². The van der Waals surface area contributed by atoms with E-state index in [1.165, 1.54) is 132 Å². The third kappa shape index (κ3) is 6.65. The minimum atomic E-state index is 1.07. The van der Waals surface area contributed by atoms with Gasteiger partial charge in [-0.1, -0.05) is 127 Å². The summed E-state index contributed by atoms with van der Waals surface area (Å²) in [4.78, 5) is 4.76. The Labute approximate surface area is 286 Å². The van der Waals surface area contributed by atoms with Crippen molar-refractivity contribution in [2.24, 2.45) is 0 Å². The number of fused-ring (bicyclic) bond motifs is 6. The molecule has 0 aliphatic heterocycles. The Bertz CT molecular complexity index is 1980. The van der Waals surface area contributed by atoms with E-state index in [-0.39, 0.29) is 0 Å². The van der Waals surface area contributed by atoms with E-state index in [4.69, 9.17) is 4.98 Å². The van der Waals surface area contributed by atoms with E-state index in [1.54, 1.807) is 0 Å². The normalized spacial score (nSPS) is 11.9. The molecule has 4 aromatic carbocycles. The molecule has 0 fully saturated rings. The van der Waals surface area contributed by atoms with Crippen LogP contribution in [0.2, 0.25) is 0 Å². The smallest absolute Gasteiger partial charge is 0.0491 e. The molecule has 0 saturated carbocycles. The molecule has 3 heterocycles. The Morgan fingerprint density at radius 3 is 1.29 bits per heavy atom. The van der Waals surface area contributed by atoms with Crippen LogP contribution in [0.1, 0.15) is 90.9 Å². The van der Waals surface area contributed by atoms with E-state index in [0.29, 0.717) is 0 Å². The first-order valence-electron chi connectivity index (χ1n) is 18.7. The summed E-state index contributed by atoms with van der Waals surface area (Å²) in [6.07, 6.45) is 19.8. The zero-order valence-corrected chi connectivity index (χ0v) is 29.1. The van der Waals surface area contributed by atoms with Crippen molar-refractivity contribution in [1.82, 2.24) is 14.1 Å². The number of rotatable bonds is 16. The Hall–Kier alpha value is -4.37. The average Bonchev–Trinajstić information content (AvgIpc) is 3.62. The monoisotopic (exact) mass is 633 g/mol. The second-order valence-electron chi connectivity index (χ2n) is 13.8. The molecule has 3 nitrogen and oxygen atoms in total. The maximum atomic E-state index is 4.76. The molecule has 3 aromatic heterocycles. The molecule has 48 heavy (non-hydrogen) atoms. The second kappa shape index (κ2) is 15.2. The highest BCUT2D eigenvalue weighted by Crippen LogP contribution is 2.36. The fourth-order valence-corrected chi connectivity index (χ4v) is 7.80. The van der Waals surface area contributed by atoms with Crippen LogP contribution < -0.4 is 0 Å². The van der Waals surface area contributed by atoms with Crippen LogP contribution in [0.4, 0.5) is 0 Å². The van der Waals surface area contributed by atoms with Crippen LogP contribution in [0, 0.1) is 0 Å². The summed E-state index contributed by atoms with van der Waals surface area (Å²) in [5.74, 6) is 0. The lowest BCUT2D eigenvalue weighted by atomic mass is 9.99. The van der Waals surface area contributed by atoms with Crippen molar-refractivity contribution in [2.45, 2.75) is 104 Å². The minimum absolute atomic E-state index is 1.07. The van der Waals surface area contributed by atoms with Crippen molar-refractivity contribution in [3.63, 3.8) is 0 Å². The lowest BCUT2D eigenvalue weighted by Gasteiger charge is -2.10. The summed E-state index contributed by atoms with van der Waals surface area (Å²) >= 11 is 0. The quantitative estimate of drug-likeness (QED) is 0.0971. The summed E-state index contributed by atoms with van der Waals surface area (Å²) in [5.41, 5.74) is 10.1. The molecule has 246 valence electrons. The standard InChI is InChI=1S/C45H51N3/c1-3-5-7-9-11-17-27-47-42-21-15-13-19-38(42)40-30-34(23-25-44(40)47)36-29-37(33-46-32-36)35-24-26-45-41(31-35)39-20-14-16-22-43(39)48(45)28-18-12-10-8-6-4-2/h13-16,19-26,29-33H,3-12,17-18,27-28H2,1-2H3. The largest absolute Gasteiger partial charge is 0.340 e. The Balaban J connectivity index is 1.17. The van der Waals surface area contributed by atoms with Crippen LogP contribution in [-0.2, 0) is 13.1 Å². The van der Waals surface area contributed by atoms with E-state index in [1.807, 2.05) is 12.4 Å². The Kier molecular flexibility index (Phi) is 10.2. The van der Waals surface area contributed by atoms with E-state index in [2.05, 4.69) is 114 Å². The predicted molar refractivity (Wildman–Crippen MR) is 208 cm³/mol. The highest BCUT2D eigenvalue weighted by Gasteiger charge is 2.14. The number of aryl methyl sites for hydroxylation is 2. The van der Waals surface area contributed by atoms with Crippen LogP contribution in [0.5, 0.6) is 0 Å². The topological polar surface area (TPSA) is 22.8 Å². The van der Waals surface area contributed by atoms with Gasteiger partial charge in [-0.15, -0.1) is 0 Å². The lowest BCUT2D eigenvalue weighted by Crippen LogP contribution is -1.97. The zero-order valence-electron chi connectivity index (χ0n) is 29.1. The number of hydrogen-bond donors (Lipinski definition) is 0. The summed E-state index contributed by atoms with van der Waals surface area (Å²) in [5, 5.41) is 5.35. The predicted octanol–water partition coefficient (Wildman–Crippen LogP) is 13.4. The number of hydrogen-bond acceptors (Lipinski definition) is 1. The first-order chi connectivity index (χ1) is 23.8. The van der Waals surface area contributed by atoms with Crippen molar-refractivity contribution >= 4 is 43.6 Å². The lowest BCUT2D eigenvalue weighted by molar-refractivity contribution is 0.571. The molecule has 0 N–H and O–H groups in total. The van der Waals surface area contributed by atoms with E-state index >= 15 is 0 Å². The third-order valence-electron chi connectivity index (χ3n) is 10.4. The van der Waals surface area contributed by atoms with Crippen LogP contribution in [0.15, 0.2) is 103 Å². The molecule has 0 bridgehead atoms. The number of para-hydroxylation sites is 2. The van der Waals surface area contributed by atoms with Gasteiger partial charge in [0.05, 0.1) is 0 Å². The van der Waals surface area contributed by atoms with Gasteiger partial charge in [0.1, 0.15) is 0 Å². The molecule has 0 saturated heterocycles.